The molecule has 7 nitrogen and oxygen atoms in total. The second-order valence-corrected chi connectivity index (χ2v) is 7.81. The SMILES string of the molecule is CO[Se](=O)(=O)O[Se](=O)(=O)OC. The molecule has 0 unspecified atom stereocenters. The molecule has 0 aromatic rings. The Morgan fingerprint density at radius 1 is 0.818 bits per heavy atom. The second kappa shape index (κ2) is 3.68. The summed E-state index contributed by atoms with van der Waals surface area (Å²) in [5.74, 6) is 0. The first-order chi connectivity index (χ1) is 4.83. The zero-order chi connectivity index (χ0) is 9.12. The van der Waals surface area contributed by atoms with E-state index in [-0.39, 0.29) is 0 Å². The fourth-order valence-corrected chi connectivity index (χ4v) is 4.26. The van der Waals surface area contributed by atoms with Gasteiger partial charge in [-0.15, -0.1) is 0 Å². The van der Waals surface area contributed by atoms with Crippen LogP contribution in [-0.4, -0.2) is 41.0 Å². The molecule has 0 radical (unpaired) electrons. The molecule has 0 bridgehead atoms. The predicted octanol–water partition coefficient (Wildman–Crippen LogP) is -1.11. The van der Waals surface area contributed by atoms with Crippen LogP contribution in [0, 0.1) is 0 Å². The Morgan fingerprint density at radius 2 is 1.09 bits per heavy atom. The van der Waals surface area contributed by atoms with Crippen LogP contribution in [0.5, 0.6) is 0 Å². The number of hydrogen-bond donors (Lipinski definition) is 0. The summed E-state index contributed by atoms with van der Waals surface area (Å²) in [5.41, 5.74) is 0. The quantitative estimate of drug-likeness (QED) is 0.607. The van der Waals surface area contributed by atoms with Crippen molar-refractivity contribution in [3.8, 4) is 0 Å². The van der Waals surface area contributed by atoms with Gasteiger partial charge in [-0.1, -0.05) is 0 Å². The second-order valence-electron chi connectivity index (χ2n) is 1.22. The van der Waals surface area contributed by atoms with E-state index in [4.69, 9.17) is 0 Å². The molecule has 0 saturated carbocycles. The maximum atomic E-state index is 10.4. The third-order valence-electron chi connectivity index (χ3n) is 0.575. The standard InChI is InChI=1S/C2H6O7Se2/c1-7-10(3,4)9-11(5,6)8-2/h1-2H3. The average molecular weight is 300 g/mol. The van der Waals surface area contributed by atoms with E-state index in [0.717, 1.165) is 14.2 Å². The van der Waals surface area contributed by atoms with Gasteiger partial charge in [0.2, 0.25) is 0 Å². The topological polar surface area (TPSA) is 96.0 Å². The van der Waals surface area contributed by atoms with Crippen LogP contribution in [-0.2, 0) is 25.9 Å². The summed E-state index contributed by atoms with van der Waals surface area (Å²) >= 11 is -10.4. The van der Waals surface area contributed by atoms with Crippen LogP contribution in [0.1, 0.15) is 0 Å². The summed E-state index contributed by atoms with van der Waals surface area (Å²) in [6.45, 7) is 0. The first kappa shape index (κ1) is 11.1. The molecule has 11 heavy (non-hydrogen) atoms. The van der Waals surface area contributed by atoms with Gasteiger partial charge in [0.1, 0.15) is 0 Å². The van der Waals surface area contributed by atoms with Gasteiger partial charge in [0.15, 0.2) is 0 Å². The normalized spacial score (nSPS) is 13.3. The van der Waals surface area contributed by atoms with Gasteiger partial charge in [0.25, 0.3) is 0 Å². The molecule has 0 heterocycles. The Hall–Kier alpha value is 0.119. The minimum atomic E-state index is -5.18. The fraction of sp³-hybridized carbons (Fsp3) is 1.00. The molecule has 0 aromatic heterocycles. The van der Waals surface area contributed by atoms with Gasteiger partial charge in [0, 0.05) is 0 Å². The van der Waals surface area contributed by atoms with Crippen molar-refractivity contribution in [2.45, 2.75) is 0 Å². The Balaban J connectivity index is 4.54. The van der Waals surface area contributed by atoms with E-state index < -0.39 is 26.7 Å². The molecule has 68 valence electrons. The van der Waals surface area contributed by atoms with Gasteiger partial charge in [0.05, 0.1) is 0 Å². The maximum absolute atomic E-state index is 10.4. The van der Waals surface area contributed by atoms with E-state index in [1.54, 1.807) is 0 Å². The predicted molar refractivity (Wildman–Crippen MR) is 29.4 cm³/mol. The third-order valence-corrected chi connectivity index (χ3v) is 6.62. The van der Waals surface area contributed by atoms with Gasteiger partial charge in [-0.3, -0.25) is 0 Å². The van der Waals surface area contributed by atoms with E-state index in [0.29, 0.717) is 0 Å². The molecule has 0 N–H and O–H groups in total. The van der Waals surface area contributed by atoms with Crippen molar-refractivity contribution in [3.05, 3.63) is 0 Å². The van der Waals surface area contributed by atoms with Crippen LogP contribution >= 0.6 is 0 Å². The molecule has 0 aliphatic carbocycles. The first-order valence-corrected chi connectivity index (χ1v) is 7.74. The molecule has 0 aromatic carbocycles. The number of rotatable bonds is 4. The summed E-state index contributed by atoms with van der Waals surface area (Å²) in [7, 11) is 1.59. The summed E-state index contributed by atoms with van der Waals surface area (Å²) < 4.78 is 52.5. The molecule has 9 heteroatoms. The van der Waals surface area contributed by atoms with Crippen LogP contribution < -0.4 is 0 Å². The van der Waals surface area contributed by atoms with Crippen molar-refractivity contribution in [2.24, 2.45) is 0 Å². The molecule has 0 fully saturated rings. The van der Waals surface area contributed by atoms with Gasteiger partial charge in [-0.05, 0) is 0 Å². The van der Waals surface area contributed by atoms with Crippen molar-refractivity contribution in [3.63, 3.8) is 0 Å². The van der Waals surface area contributed by atoms with E-state index in [2.05, 4.69) is 10.5 Å². The third kappa shape index (κ3) is 4.54. The molecular weight excluding hydrogens is 294 g/mol. The minimum absolute atomic E-state index is 0.795. The summed E-state index contributed by atoms with van der Waals surface area (Å²) in [5, 5.41) is 0. The van der Waals surface area contributed by atoms with Crippen LogP contribution in [0.15, 0.2) is 0 Å². The van der Waals surface area contributed by atoms with Crippen LogP contribution in [0.2, 0.25) is 0 Å². The fourth-order valence-electron chi connectivity index (χ4n) is 0.158. The van der Waals surface area contributed by atoms with Crippen LogP contribution in [0.25, 0.3) is 0 Å². The monoisotopic (exact) mass is 302 g/mol. The Kier molecular flexibility index (Phi) is 3.72. The van der Waals surface area contributed by atoms with Gasteiger partial charge >= 0.3 is 66.8 Å². The molecule has 0 rings (SSSR count). The van der Waals surface area contributed by atoms with E-state index in [1.807, 2.05) is 0 Å². The van der Waals surface area contributed by atoms with E-state index in [9.17, 15) is 15.3 Å². The Morgan fingerprint density at radius 3 is 1.27 bits per heavy atom. The Labute approximate surface area is 67.2 Å². The first-order valence-electron chi connectivity index (χ1n) is 2.15. The molecule has 0 aliphatic heterocycles. The van der Waals surface area contributed by atoms with E-state index in [1.165, 1.54) is 0 Å². The van der Waals surface area contributed by atoms with Gasteiger partial charge < -0.3 is 0 Å². The molecule has 0 amide bonds. The molecule has 0 aliphatic rings. The zero-order valence-corrected chi connectivity index (χ0v) is 9.10. The average Bonchev–Trinajstić information content (AvgIpc) is 1.86. The Bertz CT molecular complexity index is 263. The molecule has 0 saturated heterocycles. The van der Waals surface area contributed by atoms with Gasteiger partial charge in [-0.2, -0.15) is 0 Å². The van der Waals surface area contributed by atoms with Crippen molar-refractivity contribution in [2.75, 3.05) is 14.2 Å². The molecule has 0 atom stereocenters. The van der Waals surface area contributed by atoms with E-state index >= 15 is 0 Å². The molecule has 0 spiro atoms. The summed E-state index contributed by atoms with van der Waals surface area (Å²) in [6, 6.07) is 0. The molecular formula is C2H6O7Se2. The zero-order valence-electron chi connectivity index (χ0n) is 5.67. The van der Waals surface area contributed by atoms with Gasteiger partial charge in [-0.25, -0.2) is 0 Å². The van der Waals surface area contributed by atoms with Crippen molar-refractivity contribution >= 4 is 26.7 Å². The van der Waals surface area contributed by atoms with Crippen molar-refractivity contribution < 1.29 is 25.9 Å². The van der Waals surface area contributed by atoms with Crippen molar-refractivity contribution in [1.82, 2.24) is 0 Å². The van der Waals surface area contributed by atoms with Crippen LogP contribution in [0.4, 0.5) is 0 Å². The summed E-state index contributed by atoms with van der Waals surface area (Å²) in [4.78, 5) is 0. The van der Waals surface area contributed by atoms with Crippen LogP contribution in [0.3, 0.4) is 0 Å². The number of hydrogen-bond acceptors (Lipinski definition) is 7. The summed E-state index contributed by atoms with van der Waals surface area (Å²) in [6.07, 6.45) is 0. The van der Waals surface area contributed by atoms with Crippen molar-refractivity contribution in [1.29, 1.82) is 0 Å².